The fourth-order valence-electron chi connectivity index (χ4n) is 11.8. The lowest BCUT2D eigenvalue weighted by Crippen LogP contribution is -2.57. The van der Waals surface area contributed by atoms with E-state index in [4.69, 9.17) is 0 Å². The standard InChI is InChI=1S/C61H47BN4/c1-37-19-16-20-38(2)56(37)62(57-39(3)21-17-22-40(57)4)58-41(5)33-46(34-42(58)6)66-52-32-15-12-29-49(52)55-60-53(48-28-11-14-31-51(48)65(60)45-26-18-23-43(35-45)36-63)59-54(61(55)66)47-27-10-13-30-50(47)64(59)44-24-8-7-9-25-44/h7-35H,1-6H3. The summed E-state index contributed by atoms with van der Waals surface area (Å²) >= 11 is 0. The van der Waals surface area contributed by atoms with Gasteiger partial charge in [-0.1, -0.05) is 165 Å². The Morgan fingerprint density at radius 1 is 0.348 bits per heavy atom. The smallest absolute Gasteiger partial charge is 0.243 e. The number of para-hydroxylation sites is 4. The highest BCUT2D eigenvalue weighted by Gasteiger charge is 2.32. The molecule has 0 bridgehead atoms. The molecule has 0 aliphatic carbocycles. The quantitative estimate of drug-likeness (QED) is 0.154. The number of nitrogens with zero attached hydrogens (tertiary/aromatic N) is 4. The van der Waals surface area contributed by atoms with Crippen molar-refractivity contribution in [1.29, 1.82) is 5.26 Å². The fraction of sp³-hybridized carbons (Fsp3) is 0.0984. The second-order valence-corrected chi connectivity index (χ2v) is 18.3. The molecule has 12 aromatic rings. The molecule has 4 nitrogen and oxygen atoms in total. The maximum Gasteiger partial charge on any atom is 0.243 e. The van der Waals surface area contributed by atoms with Gasteiger partial charge in [-0.2, -0.15) is 5.26 Å². The van der Waals surface area contributed by atoms with Gasteiger partial charge in [-0.15, -0.1) is 0 Å². The zero-order valence-electron chi connectivity index (χ0n) is 38.1. The molecule has 0 amide bonds. The SMILES string of the molecule is Cc1cccc(C)c1B(c1c(C)cccc1C)c1c(C)cc(-n2c3ccccc3c3c4c(c5ccccc5n4-c4cccc(C#N)c4)c4c(c5ccccc5n4-c4ccccc4)c32)cc1C. The Bertz CT molecular complexity index is 3910. The van der Waals surface area contributed by atoms with E-state index in [1.807, 2.05) is 18.2 Å². The van der Waals surface area contributed by atoms with Gasteiger partial charge in [0.1, 0.15) is 0 Å². The summed E-state index contributed by atoms with van der Waals surface area (Å²) in [4.78, 5) is 0. The van der Waals surface area contributed by atoms with Crippen molar-refractivity contribution in [3.05, 3.63) is 215 Å². The summed E-state index contributed by atoms with van der Waals surface area (Å²) in [5, 5.41) is 17.4. The Hall–Kier alpha value is -8.07. The topological polar surface area (TPSA) is 38.6 Å². The molecular weight excluding hydrogens is 800 g/mol. The van der Waals surface area contributed by atoms with Crippen LogP contribution in [-0.2, 0) is 0 Å². The predicted octanol–water partition coefficient (Wildman–Crippen LogP) is 13.2. The average Bonchev–Trinajstić information content (AvgIpc) is 3.97. The first-order chi connectivity index (χ1) is 32.2. The van der Waals surface area contributed by atoms with Crippen LogP contribution < -0.4 is 16.4 Å². The number of hydrogen-bond donors (Lipinski definition) is 0. The van der Waals surface area contributed by atoms with Crippen LogP contribution in [0.25, 0.3) is 82.5 Å². The van der Waals surface area contributed by atoms with E-state index in [1.54, 1.807) is 0 Å². The van der Waals surface area contributed by atoms with Gasteiger partial charge < -0.3 is 13.7 Å². The lowest BCUT2D eigenvalue weighted by atomic mass is 9.33. The molecule has 12 rings (SSSR count). The molecule has 3 heterocycles. The Labute approximate surface area is 385 Å². The lowest BCUT2D eigenvalue weighted by Gasteiger charge is -2.27. The van der Waals surface area contributed by atoms with Crippen molar-refractivity contribution >= 4 is 88.5 Å². The monoisotopic (exact) mass is 846 g/mol. The molecule has 0 N–H and O–H groups in total. The number of aromatic nitrogens is 3. The molecule has 3 aromatic heterocycles. The van der Waals surface area contributed by atoms with Crippen molar-refractivity contribution in [3.8, 4) is 23.1 Å². The first-order valence-corrected chi connectivity index (χ1v) is 23.0. The zero-order chi connectivity index (χ0) is 45.0. The maximum atomic E-state index is 10.2. The van der Waals surface area contributed by atoms with E-state index >= 15 is 0 Å². The Morgan fingerprint density at radius 3 is 1.17 bits per heavy atom. The minimum atomic E-state index is 0.0645. The van der Waals surface area contributed by atoms with Crippen LogP contribution in [0.3, 0.4) is 0 Å². The minimum Gasteiger partial charge on any atom is -0.308 e. The first kappa shape index (κ1) is 39.5. The molecule has 0 radical (unpaired) electrons. The van der Waals surface area contributed by atoms with E-state index in [1.165, 1.54) is 82.1 Å². The molecular formula is C61H47BN4. The molecule has 0 saturated carbocycles. The summed E-state index contributed by atoms with van der Waals surface area (Å²) in [7, 11) is 0. The summed E-state index contributed by atoms with van der Waals surface area (Å²) < 4.78 is 7.45. The fourth-order valence-corrected chi connectivity index (χ4v) is 11.8. The molecule has 9 aromatic carbocycles. The van der Waals surface area contributed by atoms with Crippen molar-refractivity contribution in [2.24, 2.45) is 0 Å². The molecule has 314 valence electrons. The number of aryl methyl sites for hydroxylation is 6. The van der Waals surface area contributed by atoms with Crippen LogP contribution in [0.15, 0.2) is 176 Å². The van der Waals surface area contributed by atoms with Gasteiger partial charge >= 0.3 is 0 Å². The van der Waals surface area contributed by atoms with E-state index in [0.29, 0.717) is 5.56 Å². The van der Waals surface area contributed by atoms with E-state index < -0.39 is 0 Å². The first-order valence-electron chi connectivity index (χ1n) is 23.0. The van der Waals surface area contributed by atoms with Crippen molar-refractivity contribution in [2.75, 3.05) is 0 Å². The summed E-state index contributed by atoms with van der Waals surface area (Å²) in [6.07, 6.45) is 0. The third-order valence-corrected chi connectivity index (χ3v) is 14.4. The van der Waals surface area contributed by atoms with Crippen molar-refractivity contribution in [2.45, 2.75) is 41.5 Å². The predicted molar refractivity (Wildman–Crippen MR) is 280 cm³/mol. The van der Waals surface area contributed by atoms with Crippen LogP contribution in [0.1, 0.15) is 38.9 Å². The number of benzene rings is 9. The van der Waals surface area contributed by atoms with Crippen molar-refractivity contribution < 1.29 is 0 Å². The van der Waals surface area contributed by atoms with Gasteiger partial charge in [0.15, 0.2) is 0 Å². The van der Waals surface area contributed by atoms with Gasteiger partial charge in [-0.05, 0) is 102 Å². The van der Waals surface area contributed by atoms with Crippen LogP contribution in [0.5, 0.6) is 0 Å². The molecule has 0 spiro atoms. The van der Waals surface area contributed by atoms with Crippen LogP contribution in [0.2, 0.25) is 0 Å². The van der Waals surface area contributed by atoms with Crippen LogP contribution in [0, 0.1) is 52.9 Å². The number of fused-ring (bicyclic) bond motifs is 12. The van der Waals surface area contributed by atoms with E-state index in [-0.39, 0.29) is 6.71 Å². The Kier molecular flexibility index (Phi) is 8.99. The van der Waals surface area contributed by atoms with Gasteiger partial charge in [-0.25, -0.2) is 0 Å². The molecule has 0 aliphatic rings. The van der Waals surface area contributed by atoms with Gasteiger partial charge in [0.25, 0.3) is 0 Å². The second-order valence-electron chi connectivity index (χ2n) is 18.3. The molecule has 66 heavy (non-hydrogen) atoms. The summed E-state index contributed by atoms with van der Waals surface area (Å²) in [6, 6.07) is 66.3. The maximum absolute atomic E-state index is 10.2. The van der Waals surface area contributed by atoms with Gasteiger partial charge in [0, 0.05) is 49.4 Å². The highest BCUT2D eigenvalue weighted by Crippen LogP contribution is 2.50. The Balaban J connectivity index is 1.29. The molecule has 0 saturated heterocycles. The second kappa shape index (κ2) is 15.0. The van der Waals surface area contributed by atoms with Gasteiger partial charge in [0.2, 0.25) is 6.71 Å². The van der Waals surface area contributed by atoms with E-state index in [9.17, 15) is 5.26 Å². The summed E-state index contributed by atoms with van der Waals surface area (Å²) in [5.41, 5.74) is 22.6. The number of rotatable bonds is 6. The molecule has 0 aliphatic heterocycles. The van der Waals surface area contributed by atoms with Gasteiger partial charge in [-0.3, -0.25) is 0 Å². The zero-order valence-corrected chi connectivity index (χ0v) is 38.1. The normalized spacial score (nSPS) is 11.8. The average molecular weight is 847 g/mol. The number of hydrogen-bond acceptors (Lipinski definition) is 1. The summed E-state index contributed by atoms with van der Waals surface area (Å²) in [6.45, 7) is 13.8. The number of nitriles is 1. The van der Waals surface area contributed by atoms with E-state index in [0.717, 1.165) is 50.2 Å². The minimum absolute atomic E-state index is 0.0645. The van der Waals surface area contributed by atoms with Crippen LogP contribution in [0.4, 0.5) is 0 Å². The third-order valence-electron chi connectivity index (χ3n) is 14.4. The molecule has 0 atom stereocenters. The molecule has 5 heteroatoms. The lowest BCUT2D eigenvalue weighted by molar-refractivity contribution is 1.16. The van der Waals surface area contributed by atoms with Crippen LogP contribution in [-0.4, -0.2) is 20.4 Å². The van der Waals surface area contributed by atoms with Crippen LogP contribution >= 0.6 is 0 Å². The molecule has 0 fully saturated rings. The van der Waals surface area contributed by atoms with Crippen molar-refractivity contribution in [1.82, 2.24) is 13.7 Å². The summed E-state index contributed by atoms with van der Waals surface area (Å²) in [5.74, 6) is 0. The highest BCUT2D eigenvalue weighted by molar-refractivity contribution is 6.97. The molecule has 0 unspecified atom stereocenters. The third kappa shape index (κ3) is 5.64. The van der Waals surface area contributed by atoms with E-state index in [2.05, 4.69) is 219 Å². The van der Waals surface area contributed by atoms with Gasteiger partial charge in [0.05, 0.1) is 44.7 Å². The Morgan fingerprint density at radius 2 is 0.712 bits per heavy atom. The van der Waals surface area contributed by atoms with Crippen molar-refractivity contribution in [3.63, 3.8) is 0 Å². The largest absolute Gasteiger partial charge is 0.308 e. The highest BCUT2D eigenvalue weighted by atomic mass is 15.0.